The quantitative estimate of drug-likeness (QED) is 0.419. The zero-order chi connectivity index (χ0) is 14.8. The highest BCUT2D eigenvalue weighted by atomic mass is 35.5. The maximum Gasteiger partial charge on any atom is 0.224 e. The van der Waals surface area contributed by atoms with Crippen molar-refractivity contribution < 1.29 is 4.74 Å². The molecule has 0 bridgehead atoms. The molecule has 0 aliphatic carbocycles. The third kappa shape index (κ3) is 2.82. The van der Waals surface area contributed by atoms with Crippen molar-refractivity contribution in [3.05, 3.63) is 41.3 Å². The normalized spacial score (nSPS) is 11.0. The Balaban J connectivity index is 2.02. The Bertz CT molecular complexity index is 790. The number of para-hydroxylation sites is 1. The molecular weight excluding hydrogens is 308 g/mol. The van der Waals surface area contributed by atoms with E-state index >= 15 is 0 Å². The Morgan fingerprint density at radius 2 is 2.10 bits per heavy atom. The van der Waals surface area contributed by atoms with Crippen LogP contribution in [0.4, 0.5) is 0 Å². The Hall–Kier alpha value is -1.79. The summed E-state index contributed by atoms with van der Waals surface area (Å²) in [6.45, 7) is 0.603. The molecule has 0 N–H and O–H groups in total. The van der Waals surface area contributed by atoms with Crippen LogP contribution in [0.5, 0.6) is 5.75 Å². The molecule has 0 atom stereocenters. The summed E-state index contributed by atoms with van der Waals surface area (Å²) in [5.41, 5.74) is 2.56. The van der Waals surface area contributed by atoms with Gasteiger partial charge in [0.1, 0.15) is 21.8 Å². The van der Waals surface area contributed by atoms with Crippen molar-refractivity contribution in [1.82, 2.24) is 19.7 Å². The van der Waals surface area contributed by atoms with Crippen LogP contribution in [0.1, 0.15) is 5.56 Å². The fourth-order valence-corrected chi connectivity index (χ4v) is 2.88. The van der Waals surface area contributed by atoms with Crippen LogP contribution >= 0.6 is 23.4 Å². The first-order chi connectivity index (χ1) is 10.2. The minimum absolute atomic E-state index is 0.240. The highest BCUT2D eigenvalue weighted by Gasteiger charge is 2.11. The van der Waals surface area contributed by atoms with Crippen LogP contribution in [-0.2, 0) is 6.54 Å². The van der Waals surface area contributed by atoms with Gasteiger partial charge in [-0.3, -0.25) is 4.68 Å². The zero-order valence-electron chi connectivity index (χ0n) is 11.6. The average molecular weight is 321 g/mol. The lowest BCUT2D eigenvalue weighted by molar-refractivity contribution is 0.407. The van der Waals surface area contributed by atoms with E-state index in [4.69, 9.17) is 16.3 Å². The van der Waals surface area contributed by atoms with Crippen LogP contribution in [0.25, 0.3) is 11.0 Å². The molecule has 0 radical (unpaired) electrons. The van der Waals surface area contributed by atoms with Gasteiger partial charge in [0.2, 0.25) is 5.28 Å². The molecule has 0 amide bonds. The smallest absolute Gasteiger partial charge is 0.224 e. The van der Waals surface area contributed by atoms with Gasteiger partial charge < -0.3 is 4.74 Å². The number of aromatic nitrogens is 4. The monoisotopic (exact) mass is 320 g/mol. The minimum atomic E-state index is 0.240. The Kier molecular flexibility index (Phi) is 3.98. The van der Waals surface area contributed by atoms with Crippen LogP contribution in [0, 0.1) is 0 Å². The number of ether oxygens (including phenoxy) is 1. The van der Waals surface area contributed by atoms with Crippen LogP contribution in [0.2, 0.25) is 5.28 Å². The number of hydrogen-bond acceptors (Lipinski definition) is 5. The summed E-state index contributed by atoms with van der Waals surface area (Å²) in [7, 11) is 1.66. The largest absolute Gasteiger partial charge is 0.496 e. The van der Waals surface area contributed by atoms with Gasteiger partial charge in [-0.05, 0) is 23.9 Å². The van der Waals surface area contributed by atoms with Crippen LogP contribution < -0.4 is 4.74 Å². The summed E-state index contributed by atoms with van der Waals surface area (Å²) >= 11 is 7.43. The number of methoxy groups -OCH3 is 1. The topological polar surface area (TPSA) is 52.8 Å². The second-order valence-corrected chi connectivity index (χ2v) is 5.51. The predicted octanol–water partition coefficient (Wildman–Crippen LogP) is 3.26. The third-order valence-corrected chi connectivity index (χ3v) is 3.91. The Morgan fingerprint density at radius 1 is 1.29 bits per heavy atom. The highest BCUT2D eigenvalue weighted by Crippen LogP contribution is 2.24. The van der Waals surface area contributed by atoms with Gasteiger partial charge in [-0.2, -0.15) is 5.10 Å². The molecule has 2 heterocycles. The third-order valence-electron chi connectivity index (χ3n) is 3.07. The van der Waals surface area contributed by atoms with Crippen molar-refractivity contribution in [2.75, 3.05) is 13.4 Å². The molecule has 21 heavy (non-hydrogen) atoms. The van der Waals surface area contributed by atoms with E-state index in [0.29, 0.717) is 6.54 Å². The fourth-order valence-electron chi connectivity index (χ4n) is 2.14. The molecule has 3 aromatic rings. The molecule has 0 aliphatic heterocycles. The number of halogens is 1. The number of benzene rings is 1. The second-order valence-electron chi connectivity index (χ2n) is 4.37. The van der Waals surface area contributed by atoms with Crippen LogP contribution in [0.15, 0.2) is 35.5 Å². The molecule has 3 rings (SSSR count). The molecular formula is C14H13ClN4OS. The maximum atomic E-state index is 5.93. The lowest BCUT2D eigenvalue weighted by atomic mass is 10.2. The van der Waals surface area contributed by atoms with E-state index in [2.05, 4.69) is 15.1 Å². The van der Waals surface area contributed by atoms with Crippen molar-refractivity contribution >= 4 is 34.4 Å². The van der Waals surface area contributed by atoms with Crippen molar-refractivity contribution in [2.24, 2.45) is 0 Å². The zero-order valence-corrected chi connectivity index (χ0v) is 13.1. The highest BCUT2D eigenvalue weighted by molar-refractivity contribution is 7.98. The number of thioether (sulfide) groups is 1. The van der Waals surface area contributed by atoms with E-state index in [1.165, 1.54) is 11.8 Å². The lowest BCUT2D eigenvalue weighted by Crippen LogP contribution is -2.02. The molecule has 2 aromatic heterocycles. The van der Waals surface area contributed by atoms with Crippen molar-refractivity contribution in [3.63, 3.8) is 0 Å². The van der Waals surface area contributed by atoms with E-state index in [9.17, 15) is 0 Å². The molecule has 0 spiro atoms. The Labute approximate surface area is 131 Å². The van der Waals surface area contributed by atoms with E-state index < -0.39 is 0 Å². The van der Waals surface area contributed by atoms with E-state index in [1.54, 1.807) is 7.11 Å². The maximum absolute atomic E-state index is 5.93. The van der Waals surface area contributed by atoms with Crippen molar-refractivity contribution in [1.29, 1.82) is 0 Å². The number of fused-ring (bicyclic) bond motifs is 1. The van der Waals surface area contributed by atoms with Gasteiger partial charge in [0.05, 0.1) is 19.9 Å². The number of nitrogens with zero attached hydrogens (tertiary/aromatic N) is 4. The van der Waals surface area contributed by atoms with Gasteiger partial charge in [-0.1, -0.05) is 18.2 Å². The molecule has 0 saturated carbocycles. The van der Waals surface area contributed by atoms with E-state index in [-0.39, 0.29) is 5.28 Å². The summed E-state index contributed by atoms with van der Waals surface area (Å²) in [6.07, 6.45) is 3.81. The summed E-state index contributed by atoms with van der Waals surface area (Å²) in [5, 5.41) is 5.57. The average Bonchev–Trinajstić information content (AvgIpc) is 2.89. The van der Waals surface area contributed by atoms with Crippen LogP contribution in [0.3, 0.4) is 0 Å². The fraction of sp³-hybridized carbons (Fsp3) is 0.214. The van der Waals surface area contributed by atoms with Gasteiger partial charge in [-0.25, -0.2) is 9.97 Å². The molecule has 7 heteroatoms. The van der Waals surface area contributed by atoms with E-state index in [1.807, 2.05) is 41.4 Å². The van der Waals surface area contributed by atoms with Crippen molar-refractivity contribution in [2.45, 2.75) is 11.6 Å². The molecule has 5 nitrogen and oxygen atoms in total. The van der Waals surface area contributed by atoms with Gasteiger partial charge in [0, 0.05) is 5.56 Å². The Morgan fingerprint density at radius 3 is 2.86 bits per heavy atom. The molecule has 0 aliphatic rings. The predicted molar refractivity (Wildman–Crippen MR) is 84.2 cm³/mol. The van der Waals surface area contributed by atoms with Crippen molar-refractivity contribution in [3.8, 4) is 5.75 Å². The van der Waals surface area contributed by atoms with Gasteiger partial charge >= 0.3 is 0 Å². The van der Waals surface area contributed by atoms with Crippen LogP contribution in [-0.4, -0.2) is 33.1 Å². The molecule has 0 fully saturated rings. The van der Waals surface area contributed by atoms with E-state index in [0.717, 1.165) is 27.4 Å². The molecule has 1 aromatic carbocycles. The van der Waals surface area contributed by atoms with Gasteiger partial charge in [0.15, 0.2) is 0 Å². The first-order valence-electron chi connectivity index (χ1n) is 6.28. The molecule has 0 saturated heterocycles. The molecule has 108 valence electrons. The molecule has 0 unspecified atom stereocenters. The summed E-state index contributed by atoms with van der Waals surface area (Å²) < 4.78 is 7.19. The van der Waals surface area contributed by atoms with Gasteiger partial charge in [-0.15, -0.1) is 11.8 Å². The first-order valence-corrected chi connectivity index (χ1v) is 7.88. The summed E-state index contributed by atoms with van der Waals surface area (Å²) in [5.74, 6) is 0.839. The number of hydrogen-bond donors (Lipinski definition) is 0. The lowest BCUT2D eigenvalue weighted by Gasteiger charge is -2.07. The second kappa shape index (κ2) is 5.91. The van der Waals surface area contributed by atoms with Gasteiger partial charge in [0.25, 0.3) is 0 Å². The first kappa shape index (κ1) is 14.2. The number of rotatable bonds is 4. The SMILES string of the molecule is COc1ccccc1Cn1cc2nc(Cl)nc(SC)c2n1. The summed E-state index contributed by atoms with van der Waals surface area (Å²) in [6, 6.07) is 7.87. The minimum Gasteiger partial charge on any atom is -0.496 e. The summed E-state index contributed by atoms with van der Waals surface area (Å²) in [4.78, 5) is 8.41. The standard InChI is InChI=1S/C14H13ClN4OS/c1-20-11-6-4-3-5-9(11)7-19-8-10-12(18-19)13(21-2)17-14(15)16-10/h3-6,8H,7H2,1-2H3.